The molecule has 0 unspecified atom stereocenters. The van der Waals surface area contributed by atoms with Crippen molar-refractivity contribution in [2.75, 3.05) is 12.4 Å². The van der Waals surface area contributed by atoms with E-state index >= 15 is 0 Å². The van der Waals surface area contributed by atoms with Crippen LogP contribution in [-0.4, -0.2) is 23.0 Å². The van der Waals surface area contributed by atoms with Crippen LogP contribution in [0.5, 0.6) is 0 Å². The first-order chi connectivity index (χ1) is 13.1. The van der Waals surface area contributed by atoms with E-state index in [0.29, 0.717) is 28.0 Å². The predicted molar refractivity (Wildman–Crippen MR) is 109 cm³/mol. The summed E-state index contributed by atoms with van der Waals surface area (Å²) in [7, 11) is 1.36. The van der Waals surface area contributed by atoms with Gasteiger partial charge >= 0.3 is 5.97 Å². The Balaban J connectivity index is 1.80. The Labute approximate surface area is 167 Å². The lowest BCUT2D eigenvalue weighted by Gasteiger charge is -2.11. The number of aromatic nitrogens is 2. The quantitative estimate of drug-likeness (QED) is 0.346. The summed E-state index contributed by atoms with van der Waals surface area (Å²) in [4.78, 5) is 21.0. The minimum absolute atomic E-state index is 0.405. The highest BCUT2D eigenvalue weighted by molar-refractivity contribution is 7.98. The van der Waals surface area contributed by atoms with E-state index in [4.69, 9.17) is 16.3 Å². The molecule has 0 aliphatic rings. The van der Waals surface area contributed by atoms with E-state index < -0.39 is 5.97 Å². The summed E-state index contributed by atoms with van der Waals surface area (Å²) >= 11 is 7.71. The molecule has 5 nitrogen and oxygen atoms in total. The van der Waals surface area contributed by atoms with E-state index in [0.717, 1.165) is 16.3 Å². The Kier molecular flexibility index (Phi) is 6.32. The number of hydrogen-bond acceptors (Lipinski definition) is 6. The number of halogens is 1. The van der Waals surface area contributed by atoms with E-state index in [-0.39, 0.29) is 0 Å². The maximum atomic E-state index is 11.9. The number of carbonyl (C=O) groups is 1. The second-order valence-electron chi connectivity index (χ2n) is 5.72. The number of nitrogens with one attached hydrogen (secondary N) is 1. The first-order valence-corrected chi connectivity index (χ1v) is 9.59. The van der Waals surface area contributed by atoms with E-state index in [2.05, 4.69) is 15.3 Å². The smallest absolute Gasteiger partial charge is 0.339 e. The summed E-state index contributed by atoms with van der Waals surface area (Å²) in [5.74, 6) is 0.874. The largest absolute Gasteiger partial charge is 0.465 e. The third-order valence-corrected chi connectivity index (χ3v) is 5.01. The van der Waals surface area contributed by atoms with E-state index in [1.165, 1.54) is 18.9 Å². The maximum absolute atomic E-state index is 11.9. The van der Waals surface area contributed by atoms with Crippen molar-refractivity contribution in [3.8, 4) is 0 Å². The summed E-state index contributed by atoms with van der Waals surface area (Å²) in [6, 6.07) is 16.7. The zero-order valence-electron chi connectivity index (χ0n) is 14.9. The maximum Gasteiger partial charge on any atom is 0.339 e. The normalized spacial score (nSPS) is 10.5. The van der Waals surface area contributed by atoms with Crippen molar-refractivity contribution in [2.45, 2.75) is 17.8 Å². The van der Waals surface area contributed by atoms with Gasteiger partial charge < -0.3 is 10.1 Å². The number of hydrogen-bond donors (Lipinski definition) is 1. The first kappa shape index (κ1) is 19.2. The molecule has 0 saturated carbocycles. The number of methoxy groups -OCH3 is 1. The van der Waals surface area contributed by atoms with Crippen LogP contribution in [0.2, 0.25) is 5.02 Å². The van der Waals surface area contributed by atoms with Gasteiger partial charge in [-0.1, -0.05) is 53.7 Å². The number of para-hydroxylation sites is 1. The topological polar surface area (TPSA) is 64.1 Å². The van der Waals surface area contributed by atoms with E-state index in [1.54, 1.807) is 18.2 Å². The van der Waals surface area contributed by atoms with Gasteiger partial charge in [-0.15, -0.1) is 0 Å². The number of esters is 1. The first-order valence-electron chi connectivity index (χ1n) is 8.23. The Morgan fingerprint density at radius 3 is 2.67 bits per heavy atom. The van der Waals surface area contributed by atoms with Crippen molar-refractivity contribution in [2.24, 2.45) is 0 Å². The molecule has 3 aromatic rings. The molecule has 0 bridgehead atoms. The van der Waals surface area contributed by atoms with Crippen LogP contribution in [0.3, 0.4) is 0 Å². The molecule has 0 atom stereocenters. The molecule has 0 radical (unpaired) electrons. The van der Waals surface area contributed by atoms with Crippen LogP contribution in [0, 0.1) is 6.92 Å². The summed E-state index contributed by atoms with van der Waals surface area (Å²) in [6.07, 6.45) is 0. The van der Waals surface area contributed by atoms with Crippen LogP contribution in [0.4, 0.5) is 11.5 Å². The third-order valence-electron chi connectivity index (χ3n) is 3.74. The lowest BCUT2D eigenvalue weighted by Crippen LogP contribution is -2.06. The molecular weight excluding hydrogens is 382 g/mol. The fourth-order valence-electron chi connectivity index (χ4n) is 2.45. The molecule has 0 aliphatic heterocycles. The van der Waals surface area contributed by atoms with Crippen LogP contribution in [0.15, 0.2) is 59.8 Å². The molecule has 1 N–H and O–H groups in total. The molecule has 0 aliphatic carbocycles. The van der Waals surface area contributed by atoms with Gasteiger partial charge in [-0.25, -0.2) is 14.8 Å². The number of aryl methyl sites for hydroxylation is 1. The molecule has 7 heteroatoms. The van der Waals surface area contributed by atoms with Crippen molar-refractivity contribution >= 4 is 40.8 Å². The molecule has 0 spiro atoms. The number of rotatable bonds is 6. The average Bonchev–Trinajstić information content (AvgIpc) is 2.67. The molecule has 1 aromatic heterocycles. The third kappa shape index (κ3) is 4.99. The molecule has 138 valence electrons. The van der Waals surface area contributed by atoms with Gasteiger partial charge in [-0.3, -0.25) is 0 Å². The second kappa shape index (κ2) is 8.88. The lowest BCUT2D eigenvalue weighted by atomic mass is 10.2. The Hall–Kier alpha value is -2.57. The van der Waals surface area contributed by atoms with Crippen molar-refractivity contribution in [3.05, 3.63) is 76.4 Å². The SMILES string of the molecule is COC(=O)c1ccccc1Nc1cc(C)nc(SCc2ccccc2Cl)n1. The molecule has 3 rings (SSSR count). The number of benzene rings is 2. The number of ether oxygens (including phenoxy) is 1. The lowest BCUT2D eigenvalue weighted by molar-refractivity contribution is 0.0602. The van der Waals surface area contributed by atoms with Crippen molar-refractivity contribution in [1.29, 1.82) is 0 Å². The van der Waals surface area contributed by atoms with E-state index in [1.807, 2.05) is 43.3 Å². The van der Waals surface area contributed by atoms with E-state index in [9.17, 15) is 4.79 Å². The van der Waals surface area contributed by atoms with Gasteiger partial charge in [0.2, 0.25) is 0 Å². The zero-order chi connectivity index (χ0) is 19.2. The molecular formula is C20H18ClN3O2S. The second-order valence-corrected chi connectivity index (χ2v) is 7.07. The molecule has 2 aromatic carbocycles. The average molecular weight is 400 g/mol. The highest BCUT2D eigenvalue weighted by Crippen LogP contribution is 2.27. The fourth-order valence-corrected chi connectivity index (χ4v) is 3.64. The number of anilines is 2. The van der Waals surface area contributed by atoms with Crippen LogP contribution < -0.4 is 5.32 Å². The summed E-state index contributed by atoms with van der Waals surface area (Å²) in [5, 5.41) is 4.54. The van der Waals surface area contributed by atoms with Crippen LogP contribution >= 0.6 is 23.4 Å². The standard InChI is InChI=1S/C20H18ClN3O2S/c1-13-11-18(23-17-10-6-4-8-15(17)19(25)26-2)24-20(22-13)27-12-14-7-3-5-9-16(14)21/h3-11H,12H2,1-2H3,(H,22,23,24). The van der Waals surface area contributed by atoms with Gasteiger partial charge in [-0.2, -0.15) is 0 Å². The number of nitrogens with zero attached hydrogens (tertiary/aromatic N) is 2. The molecule has 27 heavy (non-hydrogen) atoms. The number of thioether (sulfide) groups is 1. The zero-order valence-corrected chi connectivity index (χ0v) is 16.5. The minimum atomic E-state index is -0.405. The molecule has 0 fully saturated rings. The molecule has 1 heterocycles. The number of carbonyl (C=O) groups excluding carboxylic acids is 1. The minimum Gasteiger partial charge on any atom is -0.465 e. The van der Waals surface area contributed by atoms with Gasteiger partial charge in [0.05, 0.1) is 18.4 Å². The van der Waals surface area contributed by atoms with Crippen LogP contribution in [0.25, 0.3) is 0 Å². The van der Waals surface area contributed by atoms with Crippen LogP contribution in [-0.2, 0) is 10.5 Å². The van der Waals surface area contributed by atoms with Crippen molar-refractivity contribution < 1.29 is 9.53 Å². The van der Waals surface area contributed by atoms with Gasteiger partial charge in [0.25, 0.3) is 0 Å². The van der Waals surface area contributed by atoms with Gasteiger partial charge in [-0.05, 0) is 30.7 Å². The molecule has 0 amide bonds. The highest BCUT2D eigenvalue weighted by Gasteiger charge is 2.12. The molecule has 0 saturated heterocycles. The Morgan fingerprint density at radius 1 is 1.15 bits per heavy atom. The summed E-state index contributed by atoms with van der Waals surface area (Å²) in [6.45, 7) is 1.90. The highest BCUT2D eigenvalue weighted by atomic mass is 35.5. The summed E-state index contributed by atoms with van der Waals surface area (Å²) in [5.41, 5.74) is 2.93. The van der Waals surface area contributed by atoms with Crippen molar-refractivity contribution in [3.63, 3.8) is 0 Å². The van der Waals surface area contributed by atoms with Gasteiger partial charge in [0, 0.05) is 22.5 Å². The van der Waals surface area contributed by atoms with Crippen molar-refractivity contribution in [1.82, 2.24) is 9.97 Å². The van der Waals surface area contributed by atoms with Crippen LogP contribution in [0.1, 0.15) is 21.6 Å². The Bertz CT molecular complexity index is 965. The predicted octanol–water partition coefficient (Wildman–Crippen LogP) is 5.26. The summed E-state index contributed by atoms with van der Waals surface area (Å²) < 4.78 is 4.83. The Morgan fingerprint density at radius 2 is 1.89 bits per heavy atom. The van der Waals surface area contributed by atoms with Gasteiger partial charge in [0.1, 0.15) is 5.82 Å². The fraction of sp³-hybridized carbons (Fsp3) is 0.150. The monoisotopic (exact) mass is 399 g/mol. The van der Waals surface area contributed by atoms with Gasteiger partial charge in [0.15, 0.2) is 5.16 Å².